The predicted molar refractivity (Wildman–Crippen MR) is 90.5 cm³/mol. The zero-order valence-corrected chi connectivity index (χ0v) is 15.0. The second-order valence-electron chi connectivity index (χ2n) is 6.69. The summed E-state index contributed by atoms with van der Waals surface area (Å²) in [5.41, 5.74) is -2.63. The highest BCUT2D eigenvalue weighted by Gasteiger charge is 2.68. The van der Waals surface area contributed by atoms with Crippen LogP contribution >= 0.6 is 0 Å². The van der Waals surface area contributed by atoms with Crippen LogP contribution in [0.5, 0.6) is 11.5 Å². The number of rotatable bonds is 4. The molecule has 1 aromatic rings. The number of carbonyl (C=O) groups is 1. The summed E-state index contributed by atoms with van der Waals surface area (Å²) >= 11 is 0. The highest BCUT2D eigenvalue weighted by Crippen LogP contribution is 2.48. The molecular formula is C18H21F3N2O4. The number of ether oxygens (including phenoxy) is 2. The molecule has 9 heteroatoms. The molecule has 2 atom stereocenters. The average Bonchev–Trinajstić information content (AvgIpc) is 2.96. The third-order valence-electron chi connectivity index (χ3n) is 5.07. The molecular weight excluding hydrogens is 365 g/mol. The average molecular weight is 386 g/mol. The molecule has 0 saturated heterocycles. The van der Waals surface area contributed by atoms with E-state index < -0.39 is 23.7 Å². The number of nitrogens with zero attached hydrogens (tertiary/aromatic N) is 2. The zero-order valence-electron chi connectivity index (χ0n) is 15.0. The van der Waals surface area contributed by atoms with Gasteiger partial charge in [-0.2, -0.15) is 23.3 Å². The fraction of sp³-hybridized carbons (Fsp3) is 0.556. The largest absolute Gasteiger partial charge is 0.493 e. The maximum Gasteiger partial charge on any atom is 0.439 e. The van der Waals surface area contributed by atoms with E-state index in [1.807, 2.05) is 0 Å². The first-order valence-electron chi connectivity index (χ1n) is 8.62. The van der Waals surface area contributed by atoms with E-state index in [0.29, 0.717) is 36.3 Å². The third kappa shape index (κ3) is 3.24. The summed E-state index contributed by atoms with van der Waals surface area (Å²) in [7, 11) is 2.87. The Morgan fingerprint density at radius 3 is 2.63 bits per heavy atom. The van der Waals surface area contributed by atoms with Crippen LogP contribution in [0.15, 0.2) is 23.3 Å². The Morgan fingerprint density at radius 1 is 1.30 bits per heavy atom. The molecule has 1 fully saturated rings. The first-order valence-corrected chi connectivity index (χ1v) is 8.62. The first-order chi connectivity index (χ1) is 12.7. The van der Waals surface area contributed by atoms with E-state index in [4.69, 9.17) is 9.47 Å². The van der Waals surface area contributed by atoms with Crippen LogP contribution in [0.25, 0.3) is 0 Å². The van der Waals surface area contributed by atoms with Gasteiger partial charge in [-0.15, -0.1) is 0 Å². The van der Waals surface area contributed by atoms with Gasteiger partial charge in [0.2, 0.25) is 5.91 Å². The standard InChI is InChI=1S/C18H21F3N2O4/c1-26-14-8-7-11(9-15(14)27-2)10-16(24)23-17(25,18(19,20)21)12-5-3-4-6-13(12)22-23/h7-9,12,25H,3-6,10H2,1-2H3. The summed E-state index contributed by atoms with van der Waals surface area (Å²) in [6.45, 7) is 0. The van der Waals surface area contributed by atoms with Gasteiger partial charge in [0.25, 0.3) is 5.72 Å². The molecule has 1 saturated carbocycles. The minimum Gasteiger partial charge on any atom is -0.493 e. The van der Waals surface area contributed by atoms with Crippen molar-refractivity contribution in [1.82, 2.24) is 5.01 Å². The van der Waals surface area contributed by atoms with Crippen molar-refractivity contribution in [2.45, 2.75) is 44.0 Å². The van der Waals surface area contributed by atoms with Crippen molar-refractivity contribution < 1.29 is 32.5 Å². The van der Waals surface area contributed by atoms with Crippen LogP contribution in [0.1, 0.15) is 31.2 Å². The van der Waals surface area contributed by atoms with Gasteiger partial charge in [-0.05, 0) is 37.0 Å². The van der Waals surface area contributed by atoms with Crippen molar-refractivity contribution in [2.75, 3.05) is 14.2 Å². The van der Waals surface area contributed by atoms with Gasteiger partial charge in [-0.25, -0.2) is 0 Å². The lowest BCUT2D eigenvalue weighted by molar-refractivity contribution is -0.317. The number of carbonyl (C=O) groups excluding carboxylic acids is 1. The molecule has 0 bridgehead atoms. The molecule has 148 valence electrons. The van der Waals surface area contributed by atoms with Gasteiger partial charge >= 0.3 is 6.18 Å². The highest BCUT2D eigenvalue weighted by molar-refractivity contribution is 5.93. The molecule has 0 spiro atoms. The van der Waals surface area contributed by atoms with Crippen LogP contribution in [0.3, 0.4) is 0 Å². The summed E-state index contributed by atoms with van der Waals surface area (Å²) in [6.07, 6.45) is -3.62. The van der Waals surface area contributed by atoms with Crippen LogP contribution in [0.4, 0.5) is 13.2 Å². The molecule has 1 N–H and O–H groups in total. The number of hydrazone groups is 1. The second kappa shape index (κ2) is 7.03. The van der Waals surface area contributed by atoms with Crippen LogP contribution in [0, 0.1) is 5.92 Å². The Kier molecular flexibility index (Phi) is 5.07. The van der Waals surface area contributed by atoms with E-state index in [9.17, 15) is 23.1 Å². The molecule has 2 unspecified atom stereocenters. The van der Waals surface area contributed by atoms with Gasteiger partial charge in [0.1, 0.15) is 0 Å². The molecule has 6 nitrogen and oxygen atoms in total. The van der Waals surface area contributed by atoms with Crippen molar-refractivity contribution in [1.29, 1.82) is 0 Å². The van der Waals surface area contributed by atoms with E-state index in [-0.39, 0.29) is 23.6 Å². The quantitative estimate of drug-likeness (QED) is 0.864. The van der Waals surface area contributed by atoms with Crippen molar-refractivity contribution in [2.24, 2.45) is 11.0 Å². The van der Waals surface area contributed by atoms with E-state index in [0.717, 1.165) is 0 Å². The van der Waals surface area contributed by atoms with Gasteiger partial charge < -0.3 is 14.6 Å². The minimum atomic E-state index is -5.01. The molecule has 1 heterocycles. The molecule has 1 aliphatic carbocycles. The number of methoxy groups -OCH3 is 2. The third-order valence-corrected chi connectivity index (χ3v) is 5.07. The van der Waals surface area contributed by atoms with Crippen LogP contribution in [-0.2, 0) is 11.2 Å². The molecule has 1 aliphatic heterocycles. The van der Waals surface area contributed by atoms with Crippen molar-refractivity contribution in [3.05, 3.63) is 23.8 Å². The molecule has 27 heavy (non-hydrogen) atoms. The number of aliphatic hydroxyl groups is 1. The van der Waals surface area contributed by atoms with Crippen molar-refractivity contribution in [3.63, 3.8) is 0 Å². The maximum atomic E-state index is 13.7. The van der Waals surface area contributed by atoms with E-state index in [1.165, 1.54) is 20.3 Å². The van der Waals surface area contributed by atoms with Crippen LogP contribution in [-0.4, -0.2) is 47.9 Å². The van der Waals surface area contributed by atoms with Crippen molar-refractivity contribution in [3.8, 4) is 11.5 Å². The zero-order chi connectivity index (χ0) is 19.8. The van der Waals surface area contributed by atoms with Gasteiger partial charge in [-0.3, -0.25) is 4.79 Å². The number of halogens is 3. The Labute approximate surface area is 154 Å². The lowest BCUT2D eigenvalue weighted by Crippen LogP contribution is -2.61. The van der Waals surface area contributed by atoms with Crippen LogP contribution < -0.4 is 9.47 Å². The number of amides is 1. The van der Waals surface area contributed by atoms with Gasteiger partial charge in [-0.1, -0.05) is 12.5 Å². The second-order valence-corrected chi connectivity index (χ2v) is 6.69. The lowest BCUT2D eigenvalue weighted by Gasteiger charge is -2.38. The molecule has 2 aliphatic rings. The Hall–Kier alpha value is -2.29. The highest BCUT2D eigenvalue weighted by atomic mass is 19.4. The monoisotopic (exact) mass is 386 g/mol. The van der Waals surface area contributed by atoms with E-state index in [1.54, 1.807) is 12.1 Å². The SMILES string of the molecule is COc1ccc(CC(=O)N2N=C3CCCCC3C2(O)C(F)(F)F)cc1OC. The number of alkyl halides is 3. The van der Waals surface area contributed by atoms with E-state index >= 15 is 0 Å². The normalized spacial score (nSPS) is 25.0. The molecule has 1 aromatic carbocycles. The molecule has 1 amide bonds. The minimum absolute atomic E-state index is 0.148. The molecule has 0 aromatic heterocycles. The van der Waals surface area contributed by atoms with E-state index in [2.05, 4.69) is 5.10 Å². The Bertz CT molecular complexity index is 765. The molecule has 3 rings (SSSR count). The lowest BCUT2D eigenvalue weighted by atomic mass is 9.80. The summed E-state index contributed by atoms with van der Waals surface area (Å²) in [5, 5.41) is 14.6. The predicted octanol–water partition coefficient (Wildman–Crippen LogP) is 2.89. The first kappa shape index (κ1) is 19.5. The van der Waals surface area contributed by atoms with Crippen LogP contribution in [0.2, 0.25) is 0 Å². The van der Waals surface area contributed by atoms with Gasteiger partial charge in [0, 0.05) is 5.71 Å². The number of fused-ring (bicyclic) bond motifs is 1. The summed E-state index contributed by atoms with van der Waals surface area (Å²) in [6, 6.07) is 4.63. The summed E-state index contributed by atoms with van der Waals surface area (Å²) in [4.78, 5) is 12.7. The Morgan fingerprint density at radius 2 is 2.00 bits per heavy atom. The smallest absolute Gasteiger partial charge is 0.439 e. The molecule has 0 radical (unpaired) electrons. The topological polar surface area (TPSA) is 71.4 Å². The van der Waals surface area contributed by atoms with Crippen molar-refractivity contribution >= 4 is 11.6 Å². The van der Waals surface area contributed by atoms with Gasteiger partial charge in [0.15, 0.2) is 11.5 Å². The van der Waals surface area contributed by atoms with Gasteiger partial charge in [0.05, 0.1) is 26.6 Å². The number of benzene rings is 1. The number of hydrogen-bond acceptors (Lipinski definition) is 5. The fourth-order valence-electron chi connectivity index (χ4n) is 3.70. The summed E-state index contributed by atoms with van der Waals surface area (Å²) in [5.74, 6) is -1.34. The number of hydrogen-bond donors (Lipinski definition) is 1. The Balaban J connectivity index is 1.89. The summed E-state index contributed by atoms with van der Waals surface area (Å²) < 4.78 is 51.4. The fourth-order valence-corrected chi connectivity index (χ4v) is 3.70. The maximum absolute atomic E-state index is 13.7.